The van der Waals surface area contributed by atoms with Crippen LogP contribution in [-0.2, 0) is 24.3 Å². The summed E-state index contributed by atoms with van der Waals surface area (Å²) in [6.07, 6.45) is -0.595. The molecule has 8 nitrogen and oxygen atoms in total. The Bertz CT molecular complexity index is 1080. The lowest BCUT2D eigenvalue weighted by Crippen LogP contribution is -2.46. The van der Waals surface area contributed by atoms with E-state index in [0.29, 0.717) is 0 Å². The summed E-state index contributed by atoms with van der Waals surface area (Å²) < 4.78 is 51.3. The third-order valence-electron chi connectivity index (χ3n) is 4.71. The van der Waals surface area contributed by atoms with Gasteiger partial charge in [-0.2, -0.15) is 0 Å². The predicted molar refractivity (Wildman–Crippen MR) is 110 cm³/mol. The molecule has 0 bridgehead atoms. The largest absolute Gasteiger partial charge is 0.485 e. The molecule has 1 saturated heterocycles. The predicted octanol–water partition coefficient (Wildman–Crippen LogP) is 1.98. The van der Waals surface area contributed by atoms with Crippen LogP contribution in [0.2, 0.25) is 5.02 Å². The van der Waals surface area contributed by atoms with Crippen LogP contribution in [0, 0.1) is 5.82 Å². The van der Waals surface area contributed by atoms with E-state index < -0.39 is 46.4 Å². The standard InChI is InChI=1S/C20H20ClFN2O6S/c1-29-20(26)17-10-14(30-18-8-3-2-7-16(18)22)12-24(17)19(25)11-23-31(27,28)15-6-4-5-13(21)9-15/h2-9,14,17,23H,10-12H2,1H3. The van der Waals surface area contributed by atoms with Gasteiger partial charge in [0.2, 0.25) is 15.9 Å². The summed E-state index contributed by atoms with van der Waals surface area (Å²) in [5.41, 5.74) is 0. The first-order valence-corrected chi connectivity index (χ1v) is 11.1. The van der Waals surface area contributed by atoms with Gasteiger partial charge in [-0.05, 0) is 30.3 Å². The van der Waals surface area contributed by atoms with Gasteiger partial charge in [0, 0.05) is 11.4 Å². The second kappa shape index (κ2) is 9.63. The Kier molecular flexibility index (Phi) is 7.14. The van der Waals surface area contributed by atoms with E-state index in [2.05, 4.69) is 4.72 Å². The fraction of sp³-hybridized carbons (Fsp3) is 0.300. The Hall–Kier alpha value is -2.69. The molecule has 166 valence electrons. The zero-order chi connectivity index (χ0) is 22.6. The van der Waals surface area contributed by atoms with Crippen LogP contribution in [-0.4, -0.2) is 57.5 Å². The number of para-hydroxylation sites is 1. The van der Waals surface area contributed by atoms with E-state index in [4.69, 9.17) is 21.1 Å². The smallest absolute Gasteiger partial charge is 0.328 e. The number of benzene rings is 2. The maximum Gasteiger partial charge on any atom is 0.328 e. The molecule has 1 N–H and O–H groups in total. The number of halogens is 2. The zero-order valence-electron chi connectivity index (χ0n) is 16.5. The van der Waals surface area contributed by atoms with Crippen LogP contribution in [0.3, 0.4) is 0 Å². The van der Waals surface area contributed by atoms with Crippen molar-refractivity contribution >= 4 is 33.5 Å². The van der Waals surface area contributed by atoms with E-state index in [9.17, 15) is 22.4 Å². The lowest BCUT2D eigenvalue weighted by atomic mass is 10.2. The van der Waals surface area contributed by atoms with E-state index in [1.165, 1.54) is 49.6 Å². The normalized spacial score (nSPS) is 18.6. The molecule has 0 aliphatic carbocycles. The highest BCUT2D eigenvalue weighted by Gasteiger charge is 2.41. The molecule has 2 atom stereocenters. The third kappa shape index (κ3) is 5.52. The van der Waals surface area contributed by atoms with Crippen LogP contribution in [0.1, 0.15) is 6.42 Å². The van der Waals surface area contributed by atoms with Crippen LogP contribution in [0.25, 0.3) is 0 Å². The van der Waals surface area contributed by atoms with E-state index in [1.807, 2.05) is 0 Å². The Morgan fingerprint density at radius 1 is 1.23 bits per heavy atom. The van der Waals surface area contributed by atoms with Crippen LogP contribution >= 0.6 is 11.6 Å². The molecule has 1 amide bonds. The van der Waals surface area contributed by atoms with Gasteiger partial charge in [0.1, 0.15) is 12.1 Å². The molecule has 2 aromatic rings. The van der Waals surface area contributed by atoms with Crippen molar-refractivity contribution in [3.05, 3.63) is 59.4 Å². The minimum atomic E-state index is -4.00. The summed E-state index contributed by atoms with van der Waals surface area (Å²) in [6, 6.07) is 10.4. The number of amides is 1. The van der Waals surface area contributed by atoms with E-state index >= 15 is 0 Å². The number of methoxy groups -OCH3 is 1. The Morgan fingerprint density at radius 3 is 2.65 bits per heavy atom. The molecule has 1 aliphatic rings. The first-order chi connectivity index (χ1) is 14.7. The van der Waals surface area contributed by atoms with Gasteiger partial charge in [-0.25, -0.2) is 22.3 Å². The summed E-state index contributed by atoms with van der Waals surface area (Å²) in [7, 11) is -2.82. The van der Waals surface area contributed by atoms with Gasteiger partial charge in [-0.3, -0.25) is 4.79 Å². The zero-order valence-corrected chi connectivity index (χ0v) is 18.0. The average Bonchev–Trinajstić information content (AvgIpc) is 3.17. The summed E-state index contributed by atoms with van der Waals surface area (Å²) in [5.74, 6) is -1.91. The summed E-state index contributed by atoms with van der Waals surface area (Å²) in [5, 5.41) is 0.229. The van der Waals surface area contributed by atoms with Gasteiger partial charge < -0.3 is 14.4 Å². The summed E-state index contributed by atoms with van der Waals surface area (Å²) in [4.78, 5) is 25.9. The maximum absolute atomic E-state index is 13.9. The third-order valence-corrected chi connectivity index (χ3v) is 6.34. The average molecular weight is 471 g/mol. The number of carbonyl (C=O) groups excluding carboxylic acids is 2. The molecule has 3 rings (SSSR count). The molecule has 0 spiro atoms. The molecular formula is C20H20ClFN2O6S. The van der Waals surface area contributed by atoms with Gasteiger partial charge >= 0.3 is 5.97 Å². The molecule has 0 radical (unpaired) electrons. The second-order valence-corrected chi connectivity index (χ2v) is 8.98. The van der Waals surface area contributed by atoms with Crippen LogP contribution < -0.4 is 9.46 Å². The number of ether oxygens (including phenoxy) is 2. The van der Waals surface area contributed by atoms with Crippen molar-refractivity contribution in [1.29, 1.82) is 0 Å². The molecule has 2 aromatic carbocycles. The van der Waals surface area contributed by atoms with Crippen molar-refractivity contribution < 1.29 is 31.9 Å². The number of sulfonamides is 1. The molecule has 1 heterocycles. The van der Waals surface area contributed by atoms with Crippen molar-refractivity contribution in [2.45, 2.75) is 23.5 Å². The van der Waals surface area contributed by atoms with Gasteiger partial charge in [0.05, 0.1) is 25.1 Å². The van der Waals surface area contributed by atoms with Crippen molar-refractivity contribution in [2.24, 2.45) is 0 Å². The number of hydrogen-bond acceptors (Lipinski definition) is 6. The van der Waals surface area contributed by atoms with Crippen molar-refractivity contribution in [3.63, 3.8) is 0 Å². The molecule has 1 fully saturated rings. The number of nitrogens with one attached hydrogen (secondary N) is 1. The maximum atomic E-state index is 13.9. The van der Waals surface area contributed by atoms with E-state index in [1.54, 1.807) is 6.07 Å². The molecule has 0 aromatic heterocycles. The van der Waals surface area contributed by atoms with Crippen LogP contribution in [0.5, 0.6) is 5.75 Å². The highest BCUT2D eigenvalue weighted by molar-refractivity contribution is 7.89. The first-order valence-electron chi connectivity index (χ1n) is 9.25. The lowest BCUT2D eigenvalue weighted by molar-refractivity contribution is -0.150. The molecule has 1 aliphatic heterocycles. The topological polar surface area (TPSA) is 102 Å². The number of carbonyl (C=O) groups is 2. The molecule has 2 unspecified atom stereocenters. The van der Waals surface area contributed by atoms with Crippen LogP contribution in [0.4, 0.5) is 4.39 Å². The SMILES string of the molecule is COC(=O)C1CC(Oc2ccccc2F)CN1C(=O)CNS(=O)(=O)c1cccc(Cl)c1. The first kappa shape index (κ1) is 23.0. The minimum Gasteiger partial charge on any atom is -0.485 e. The van der Waals surface area contributed by atoms with Crippen molar-refractivity contribution in [2.75, 3.05) is 20.2 Å². The Balaban J connectivity index is 1.70. The number of nitrogens with zero attached hydrogens (tertiary/aromatic N) is 1. The van der Waals surface area contributed by atoms with Crippen LogP contribution in [0.15, 0.2) is 53.4 Å². The van der Waals surface area contributed by atoms with Gasteiger partial charge in [-0.1, -0.05) is 29.8 Å². The Labute approximate surface area is 183 Å². The summed E-state index contributed by atoms with van der Waals surface area (Å²) >= 11 is 5.82. The van der Waals surface area contributed by atoms with Gasteiger partial charge in [-0.15, -0.1) is 0 Å². The van der Waals surface area contributed by atoms with Crippen molar-refractivity contribution in [1.82, 2.24) is 9.62 Å². The molecule has 0 saturated carbocycles. The minimum absolute atomic E-state index is 0.00734. The monoisotopic (exact) mass is 470 g/mol. The second-order valence-electron chi connectivity index (χ2n) is 6.77. The molecule has 11 heteroatoms. The number of likely N-dealkylation sites (tertiary alicyclic amines) is 1. The quantitative estimate of drug-likeness (QED) is 0.621. The molecular weight excluding hydrogens is 451 g/mol. The van der Waals surface area contributed by atoms with Gasteiger partial charge in [0.15, 0.2) is 11.6 Å². The van der Waals surface area contributed by atoms with Gasteiger partial charge in [0.25, 0.3) is 0 Å². The number of hydrogen-bond donors (Lipinski definition) is 1. The highest BCUT2D eigenvalue weighted by Crippen LogP contribution is 2.26. The number of rotatable bonds is 7. The number of esters is 1. The lowest BCUT2D eigenvalue weighted by Gasteiger charge is -2.22. The highest BCUT2D eigenvalue weighted by atomic mass is 35.5. The fourth-order valence-electron chi connectivity index (χ4n) is 3.21. The fourth-order valence-corrected chi connectivity index (χ4v) is 4.49. The van der Waals surface area contributed by atoms with E-state index in [-0.39, 0.29) is 28.6 Å². The van der Waals surface area contributed by atoms with Crippen molar-refractivity contribution in [3.8, 4) is 5.75 Å². The summed E-state index contributed by atoms with van der Waals surface area (Å²) in [6.45, 7) is -0.624. The Morgan fingerprint density at radius 2 is 1.97 bits per heavy atom. The van der Waals surface area contributed by atoms with E-state index in [0.717, 1.165) is 4.90 Å². The molecule has 31 heavy (non-hydrogen) atoms.